The van der Waals surface area contributed by atoms with Crippen LogP contribution in [0.25, 0.3) is 76.8 Å². The van der Waals surface area contributed by atoms with Crippen molar-refractivity contribution in [2.45, 2.75) is 19.3 Å². The molecule has 0 aromatic heterocycles. The Hall–Kier alpha value is -5.46. The Kier molecular flexibility index (Phi) is 5.64. The number of hydrogen-bond acceptors (Lipinski definition) is 0. The Balaban J connectivity index is 1.35. The molecule has 0 unspecified atom stereocenters. The third kappa shape index (κ3) is 3.85. The highest BCUT2D eigenvalue weighted by Gasteiger charge is 2.35. The van der Waals surface area contributed by atoms with E-state index in [0.717, 1.165) is 0 Å². The molecular formula is C45H32. The Morgan fingerprint density at radius 2 is 0.844 bits per heavy atom. The van der Waals surface area contributed by atoms with Gasteiger partial charge in [-0.1, -0.05) is 153 Å². The topological polar surface area (TPSA) is 0 Å². The SMILES string of the molecule is CC1(C)c2ccccc2-c2cc(-c3cc(-c4c5ccccc5c(-c5ccccc5)c5ccccc45)cc4ccccc34)ccc21. The molecule has 8 aromatic carbocycles. The minimum atomic E-state index is -0.00724. The molecule has 0 heteroatoms. The summed E-state index contributed by atoms with van der Waals surface area (Å²) >= 11 is 0. The molecule has 9 rings (SSSR count). The van der Waals surface area contributed by atoms with Crippen molar-refractivity contribution in [3.63, 3.8) is 0 Å². The number of fused-ring (bicyclic) bond motifs is 6. The van der Waals surface area contributed by atoms with Crippen LogP contribution in [0.5, 0.6) is 0 Å². The van der Waals surface area contributed by atoms with Gasteiger partial charge in [0.25, 0.3) is 0 Å². The second-order valence-electron chi connectivity index (χ2n) is 12.9. The average molecular weight is 573 g/mol. The summed E-state index contributed by atoms with van der Waals surface area (Å²) in [5.41, 5.74) is 13.1. The third-order valence-electron chi connectivity index (χ3n) is 10.0. The highest BCUT2D eigenvalue weighted by atomic mass is 14.4. The summed E-state index contributed by atoms with van der Waals surface area (Å²) in [6.45, 7) is 4.70. The van der Waals surface area contributed by atoms with Crippen LogP contribution < -0.4 is 0 Å². The lowest BCUT2D eigenvalue weighted by atomic mass is 9.82. The maximum atomic E-state index is 2.44. The lowest BCUT2D eigenvalue weighted by molar-refractivity contribution is 0.660. The van der Waals surface area contributed by atoms with Crippen LogP contribution in [0.3, 0.4) is 0 Å². The molecule has 0 amide bonds. The van der Waals surface area contributed by atoms with E-state index in [-0.39, 0.29) is 5.41 Å². The van der Waals surface area contributed by atoms with Crippen LogP contribution in [-0.2, 0) is 5.41 Å². The first-order valence-corrected chi connectivity index (χ1v) is 15.9. The minimum absolute atomic E-state index is 0.00724. The molecule has 0 N–H and O–H groups in total. The summed E-state index contributed by atoms with van der Waals surface area (Å²) in [5.74, 6) is 0. The summed E-state index contributed by atoms with van der Waals surface area (Å²) in [5, 5.41) is 7.65. The van der Waals surface area contributed by atoms with Gasteiger partial charge in [-0.2, -0.15) is 0 Å². The largest absolute Gasteiger partial charge is 0.0622 e. The van der Waals surface area contributed by atoms with Crippen molar-refractivity contribution >= 4 is 32.3 Å². The monoisotopic (exact) mass is 572 g/mol. The molecule has 1 aliphatic carbocycles. The summed E-state index contributed by atoms with van der Waals surface area (Å²) in [4.78, 5) is 0. The second kappa shape index (κ2) is 9.78. The lowest BCUT2D eigenvalue weighted by Gasteiger charge is -2.21. The van der Waals surface area contributed by atoms with E-state index in [1.807, 2.05) is 0 Å². The van der Waals surface area contributed by atoms with E-state index in [4.69, 9.17) is 0 Å². The molecule has 0 bridgehead atoms. The summed E-state index contributed by atoms with van der Waals surface area (Å²) in [6, 6.07) is 58.4. The minimum Gasteiger partial charge on any atom is -0.0622 e. The van der Waals surface area contributed by atoms with E-state index in [2.05, 4.69) is 172 Å². The van der Waals surface area contributed by atoms with Gasteiger partial charge in [0.1, 0.15) is 0 Å². The first-order chi connectivity index (χ1) is 22.1. The van der Waals surface area contributed by atoms with Crippen LogP contribution in [0.15, 0.2) is 158 Å². The van der Waals surface area contributed by atoms with Crippen molar-refractivity contribution < 1.29 is 0 Å². The Bertz CT molecular complexity index is 2390. The molecule has 0 saturated heterocycles. The van der Waals surface area contributed by atoms with E-state index >= 15 is 0 Å². The van der Waals surface area contributed by atoms with Gasteiger partial charge >= 0.3 is 0 Å². The van der Waals surface area contributed by atoms with Crippen molar-refractivity contribution in [3.8, 4) is 44.5 Å². The summed E-state index contributed by atoms with van der Waals surface area (Å²) in [7, 11) is 0. The molecule has 0 spiro atoms. The Morgan fingerprint density at radius 1 is 0.333 bits per heavy atom. The van der Waals surface area contributed by atoms with Crippen LogP contribution in [0.4, 0.5) is 0 Å². The van der Waals surface area contributed by atoms with E-state index in [1.165, 1.54) is 88.0 Å². The molecule has 0 atom stereocenters. The van der Waals surface area contributed by atoms with Gasteiger partial charge in [-0.15, -0.1) is 0 Å². The van der Waals surface area contributed by atoms with Crippen molar-refractivity contribution in [2.24, 2.45) is 0 Å². The van der Waals surface area contributed by atoms with Crippen LogP contribution in [-0.4, -0.2) is 0 Å². The summed E-state index contributed by atoms with van der Waals surface area (Å²) in [6.07, 6.45) is 0. The van der Waals surface area contributed by atoms with E-state index in [9.17, 15) is 0 Å². The molecule has 0 saturated carbocycles. The number of rotatable bonds is 3. The fraction of sp³-hybridized carbons (Fsp3) is 0.0667. The summed E-state index contributed by atoms with van der Waals surface area (Å²) < 4.78 is 0. The number of benzene rings is 8. The highest BCUT2D eigenvalue weighted by molar-refractivity contribution is 6.22. The molecule has 0 aliphatic heterocycles. The zero-order valence-corrected chi connectivity index (χ0v) is 25.5. The normalized spacial score (nSPS) is 13.3. The van der Waals surface area contributed by atoms with Gasteiger partial charge in [-0.25, -0.2) is 0 Å². The van der Waals surface area contributed by atoms with Crippen molar-refractivity contribution in [1.29, 1.82) is 0 Å². The van der Waals surface area contributed by atoms with Crippen LogP contribution in [0.2, 0.25) is 0 Å². The Morgan fingerprint density at radius 3 is 1.53 bits per heavy atom. The zero-order valence-electron chi connectivity index (χ0n) is 25.5. The van der Waals surface area contributed by atoms with Crippen LogP contribution in [0.1, 0.15) is 25.0 Å². The van der Waals surface area contributed by atoms with Gasteiger partial charge in [0.2, 0.25) is 0 Å². The van der Waals surface area contributed by atoms with Gasteiger partial charge < -0.3 is 0 Å². The standard InChI is InChI=1S/C45H32/c1-45(2)41-23-13-12-18-34(41)40-27-31(24-25-42(40)45)39-28-32(26-30-16-6-7-17-33(30)39)44-37-21-10-8-19-35(37)43(29-14-4-3-5-15-29)36-20-9-11-22-38(36)44/h3-28H,1-2H3. The number of hydrogen-bond donors (Lipinski definition) is 0. The van der Waals surface area contributed by atoms with Gasteiger partial charge in [0.15, 0.2) is 0 Å². The second-order valence-corrected chi connectivity index (χ2v) is 12.9. The maximum absolute atomic E-state index is 2.44. The molecule has 212 valence electrons. The molecule has 0 nitrogen and oxygen atoms in total. The van der Waals surface area contributed by atoms with E-state index in [0.29, 0.717) is 0 Å². The van der Waals surface area contributed by atoms with Crippen molar-refractivity contribution in [2.75, 3.05) is 0 Å². The average Bonchev–Trinajstić information content (AvgIpc) is 3.32. The highest BCUT2D eigenvalue weighted by Crippen LogP contribution is 2.50. The Labute approximate surface area is 264 Å². The van der Waals surface area contributed by atoms with E-state index < -0.39 is 0 Å². The fourth-order valence-corrected chi connectivity index (χ4v) is 7.94. The molecule has 0 heterocycles. The van der Waals surface area contributed by atoms with Gasteiger partial charge in [-0.3, -0.25) is 0 Å². The zero-order chi connectivity index (χ0) is 30.1. The molecule has 1 aliphatic rings. The van der Waals surface area contributed by atoms with E-state index in [1.54, 1.807) is 0 Å². The molecule has 0 fully saturated rings. The third-order valence-corrected chi connectivity index (χ3v) is 10.0. The quantitative estimate of drug-likeness (QED) is 0.185. The van der Waals surface area contributed by atoms with Crippen molar-refractivity contribution in [1.82, 2.24) is 0 Å². The first kappa shape index (κ1) is 26.0. The van der Waals surface area contributed by atoms with Crippen LogP contribution in [0, 0.1) is 0 Å². The first-order valence-electron chi connectivity index (χ1n) is 15.9. The van der Waals surface area contributed by atoms with Crippen LogP contribution >= 0.6 is 0 Å². The van der Waals surface area contributed by atoms with Gasteiger partial charge in [0.05, 0.1) is 0 Å². The fourth-order valence-electron chi connectivity index (χ4n) is 7.94. The van der Waals surface area contributed by atoms with Gasteiger partial charge in [0, 0.05) is 5.41 Å². The molecule has 8 aromatic rings. The lowest BCUT2D eigenvalue weighted by Crippen LogP contribution is -2.14. The van der Waals surface area contributed by atoms with Gasteiger partial charge in [-0.05, 0) is 106 Å². The molecule has 45 heavy (non-hydrogen) atoms. The predicted molar refractivity (Wildman–Crippen MR) is 193 cm³/mol. The van der Waals surface area contributed by atoms with Crippen molar-refractivity contribution in [3.05, 3.63) is 169 Å². The molecule has 0 radical (unpaired) electrons. The smallest absolute Gasteiger partial charge is 0.0158 e. The maximum Gasteiger partial charge on any atom is 0.0158 e. The molecular weight excluding hydrogens is 540 g/mol. The predicted octanol–water partition coefficient (Wildman–Crippen LogP) is 12.5.